The molecule has 0 bridgehead atoms. The third-order valence-electron chi connectivity index (χ3n) is 3.22. The van der Waals surface area contributed by atoms with E-state index in [0.29, 0.717) is 6.54 Å². The molecule has 2 unspecified atom stereocenters. The minimum atomic E-state index is -0.836. The van der Waals surface area contributed by atoms with Gasteiger partial charge < -0.3 is 10.0 Å². The third-order valence-corrected chi connectivity index (χ3v) is 3.22. The van der Waals surface area contributed by atoms with Crippen LogP contribution in [0, 0.1) is 11.8 Å². The summed E-state index contributed by atoms with van der Waals surface area (Å²) in [5.74, 6) is -1.02. The van der Waals surface area contributed by atoms with Crippen molar-refractivity contribution in [3.63, 3.8) is 0 Å². The largest absolute Gasteiger partial charge is 0.481 e. The maximum absolute atomic E-state index is 12.0. The number of carboxylic acid groups (broad SMARTS) is 1. The second kappa shape index (κ2) is 5.32. The van der Waals surface area contributed by atoms with Crippen LogP contribution in [0.5, 0.6) is 0 Å². The van der Waals surface area contributed by atoms with Crippen LogP contribution in [0.15, 0.2) is 0 Å². The van der Waals surface area contributed by atoms with Crippen LogP contribution in [-0.4, -0.2) is 34.5 Å². The van der Waals surface area contributed by atoms with Crippen molar-refractivity contribution in [1.29, 1.82) is 0 Å². The summed E-state index contributed by atoms with van der Waals surface area (Å²) in [6.45, 7) is 5.98. The Labute approximate surface area is 96.6 Å². The number of rotatable bonds is 6. The normalized spacial score (nSPS) is 18.9. The monoisotopic (exact) mass is 227 g/mol. The first-order valence-electron chi connectivity index (χ1n) is 6.00. The molecule has 1 fully saturated rings. The Balaban J connectivity index is 2.62. The minimum absolute atomic E-state index is 0.134. The van der Waals surface area contributed by atoms with Gasteiger partial charge in [0.2, 0.25) is 5.91 Å². The Bertz CT molecular complexity index is 273. The summed E-state index contributed by atoms with van der Waals surface area (Å²) < 4.78 is 0. The summed E-state index contributed by atoms with van der Waals surface area (Å²) in [7, 11) is 0. The Morgan fingerprint density at radius 3 is 2.31 bits per heavy atom. The lowest BCUT2D eigenvalue weighted by atomic mass is 10.1. The van der Waals surface area contributed by atoms with E-state index in [-0.39, 0.29) is 17.9 Å². The fourth-order valence-corrected chi connectivity index (χ4v) is 1.65. The molecule has 1 saturated carbocycles. The van der Waals surface area contributed by atoms with E-state index in [1.165, 1.54) is 0 Å². The van der Waals surface area contributed by atoms with E-state index in [1.54, 1.807) is 11.8 Å². The Morgan fingerprint density at radius 2 is 1.94 bits per heavy atom. The Hall–Kier alpha value is -1.06. The SMILES string of the molecule is CCC(C)N(CC(C)C(=O)O)C(=O)C1CC1. The average molecular weight is 227 g/mol. The topological polar surface area (TPSA) is 57.6 Å². The van der Waals surface area contributed by atoms with Crippen LogP contribution in [0.3, 0.4) is 0 Å². The maximum Gasteiger partial charge on any atom is 0.308 e. The summed E-state index contributed by atoms with van der Waals surface area (Å²) in [6.07, 6.45) is 2.80. The summed E-state index contributed by atoms with van der Waals surface area (Å²) in [5.41, 5.74) is 0. The number of carbonyl (C=O) groups excluding carboxylic acids is 1. The second-order valence-electron chi connectivity index (χ2n) is 4.76. The summed E-state index contributed by atoms with van der Waals surface area (Å²) in [6, 6.07) is 0.134. The number of carbonyl (C=O) groups is 2. The molecule has 0 spiro atoms. The van der Waals surface area contributed by atoms with Crippen LogP contribution in [0.25, 0.3) is 0 Å². The highest BCUT2D eigenvalue weighted by Crippen LogP contribution is 2.32. The van der Waals surface area contributed by atoms with Gasteiger partial charge in [-0.2, -0.15) is 0 Å². The van der Waals surface area contributed by atoms with Gasteiger partial charge in [-0.1, -0.05) is 13.8 Å². The van der Waals surface area contributed by atoms with Gasteiger partial charge in [0.05, 0.1) is 5.92 Å². The van der Waals surface area contributed by atoms with Gasteiger partial charge in [0.25, 0.3) is 0 Å². The van der Waals surface area contributed by atoms with Crippen molar-refractivity contribution >= 4 is 11.9 Å². The molecule has 0 aliphatic heterocycles. The van der Waals surface area contributed by atoms with Gasteiger partial charge in [-0.25, -0.2) is 0 Å². The molecule has 1 aliphatic rings. The molecule has 1 N–H and O–H groups in total. The maximum atomic E-state index is 12.0. The van der Waals surface area contributed by atoms with Gasteiger partial charge in [0.1, 0.15) is 0 Å². The molecule has 1 amide bonds. The number of hydrogen-bond donors (Lipinski definition) is 1. The molecule has 1 aliphatic carbocycles. The third kappa shape index (κ3) is 3.22. The van der Waals surface area contributed by atoms with Crippen molar-refractivity contribution in [3.8, 4) is 0 Å². The lowest BCUT2D eigenvalue weighted by Gasteiger charge is -2.30. The lowest BCUT2D eigenvalue weighted by molar-refractivity contribution is -0.144. The van der Waals surface area contributed by atoms with E-state index in [9.17, 15) is 9.59 Å². The lowest BCUT2D eigenvalue weighted by Crippen LogP contribution is -2.43. The van der Waals surface area contributed by atoms with Gasteiger partial charge in [-0.05, 0) is 26.2 Å². The number of hydrogen-bond acceptors (Lipinski definition) is 2. The molecule has 0 aromatic carbocycles. The first-order chi connectivity index (χ1) is 7.47. The van der Waals surface area contributed by atoms with Gasteiger partial charge in [-0.15, -0.1) is 0 Å². The minimum Gasteiger partial charge on any atom is -0.481 e. The second-order valence-corrected chi connectivity index (χ2v) is 4.76. The molecule has 92 valence electrons. The average Bonchev–Trinajstić information content (AvgIpc) is 3.06. The van der Waals surface area contributed by atoms with Crippen LogP contribution in [-0.2, 0) is 9.59 Å². The zero-order chi connectivity index (χ0) is 12.3. The summed E-state index contributed by atoms with van der Waals surface area (Å²) >= 11 is 0. The first kappa shape index (κ1) is 13.0. The van der Waals surface area contributed by atoms with Crippen molar-refractivity contribution in [1.82, 2.24) is 4.90 Å². The zero-order valence-electron chi connectivity index (χ0n) is 10.3. The van der Waals surface area contributed by atoms with E-state index >= 15 is 0 Å². The van der Waals surface area contributed by atoms with E-state index in [2.05, 4.69) is 0 Å². The van der Waals surface area contributed by atoms with Gasteiger partial charge >= 0.3 is 5.97 Å². The molecule has 2 atom stereocenters. The fourth-order valence-electron chi connectivity index (χ4n) is 1.65. The van der Waals surface area contributed by atoms with Crippen LogP contribution in [0.4, 0.5) is 0 Å². The molecular weight excluding hydrogens is 206 g/mol. The molecule has 4 heteroatoms. The molecule has 0 aromatic rings. The van der Waals surface area contributed by atoms with Gasteiger partial charge in [0, 0.05) is 18.5 Å². The quantitative estimate of drug-likeness (QED) is 0.752. The van der Waals surface area contributed by atoms with Crippen molar-refractivity contribution in [2.24, 2.45) is 11.8 Å². The highest BCUT2D eigenvalue weighted by molar-refractivity contribution is 5.82. The van der Waals surface area contributed by atoms with Crippen LogP contribution < -0.4 is 0 Å². The molecule has 1 rings (SSSR count). The molecule has 0 aromatic heterocycles. The van der Waals surface area contributed by atoms with Crippen molar-refractivity contribution < 1.29 is 14.7 Å². The van der Waals surface area contributed by atoms with Gasteiger partial charge in [0.15, 0.2) is 0 Å². The fraction of sp³-hybridized carbons (Fsp3) is 0.833. The Kier molecular flexibility index (Phi) is 4.33. The Morgan fingerprint density at radius 1 is 1.38 bits per heavy atom. The number of carboxylic acids is 1. The van der Waals surface area contributed by atoms with Crippen LogP contribution in [0.1, 0.15) is 40.0 Å². The van der Waals surface area contributed by atoms with Crippen molar-refractivity contribution in [3.05, 3.63) is 0 Å². The van der Waals surface area contributed by atoms with E-state index in [1.807, 2.05) is 13.8 Å². The predicted molar refractivity (Wildman–Crippen MR) is 61.0 cm³/mol. The predicted octanol–water partition coefficient (Wildman–Crippen LogP) is 1.74. The van der Waals surface area contributed by atoms with Crippen LogP contribution >= 0.6 is 0 Å². The van der Waals surface area contributed by atoms with Crippen molar-refractivity contribution in [2.75, 3.05) is 6.54 Å². The number of nitrogens with zero attached hydrogens (tertiary/aromatic N) is 1. The molecule has 16 heavy (non-hydrogen) atoms. The molecule has 0 saturated heterocycles. The summed E-state index contributed by atoms with van der Waals surface area (Å²) in [4.78, 5) is 24.6. The van der Waals surface area contributed by atoms with E-state index in [0.717, 1.165) is 19.3 Å². The molecule has 4 nitrogen and oxygen atoms in total. The van der Waals surface area contributed by atoms with Crippen molar-refractivity contribution in [2.45, 2.75) is 46.1 Å². The van der Waals surface area contributed by atoms with Gasteiger partial charge in [-0.3, -0.25) is 9.59 Å². The zero-order valence-corrected chi connectivity index (χ0v) is 10.3. The first-order valence-corrected chi connectivity index (χ1v) is 6.00. The summed E-state index contributed by atoms with van der Waals surface area (Å²) in [5, 5.41) is 8.88. The smallest absolute Gasteiger partial charge is 0.308 e. The molecule has 0 radical (unpaired) electrons. The number of amides is 1. The van der Waals surface area contributed by atoms with E-state index in [4.69, 9.17) is 5.11 Å². The highest BCUT2D eigenvalue weighted by Gasteiger charge is 2.35. The molecule has 0 heterocycles. The van der Waals surface area contributed by atoms with E-state index < -0.39 is 11.9 Å². The number of aliphatic carboxylic acids is 1. The standard InChI is InChI=1S/C12H21NO3/c1-4-9(3)13(7-8(2)12(15)16)11(14)10-5-6-10/h8-10H,4-7H2,1-3H3,(H,15,16). The van der Waals surface area contributed by atoms with Crippen LogP contribution in [0.2, 0.25) is 0 Å². The highest BCUT2D eigenvalue weighted by atomic mass is 16.4. The molecular formula is C12H21NO3.